The zero-order valence-electron chi connectivity index (χ0n) is 17.1. The molecular formula is C20H33LiN2Si. The molecule has 0 atom stereocenters. The minimum absolute atomic E-state index is 0. The van der Waals surface area contributed by atoms with E-state index in [2.05, 4.69) is 95.2 Å². The van der Waals surface area contributed by atoms with Crippen LogP contribution in [-0.2, 0) is 6.54 Å². The van der Waals surface area contributed by atoms with Gasteiger partial charge in [0.25, 0.3) is 0 Å². The third kappa shape index (κ3) is 3.56. The molecule has 0 aliphatic heterocycles. The van der Waals surface area contributed by atoms with E-state index >= 15 is 0 Å². The number of hydrogen-bond donors (Lipinski definition) is 0. The maximum absolute atomic E-state index is 3.51. The van der Waals surface area contributed by atoms with Gasteiger partial charge < -0.3 is 9.13 Å². The summed E-state index contributed by atoms with van der Waals surface area (Å²) in [6, 6.07) is 9.99. The van der Waals surface area contributed by atoms with Crippen molar-refractivity contribution in [2.75, 3.05) is 14.1 Å². The number of nitrogens with zero attached hydrogens (tertiary/aromatic N) is 2. The minimum atomic E-state index is -1.72. The first-order valence-corrected chi connectivity index (χ1v) is 11.1. The van der Waals surface area contributed by atoms with Gasteiger partial charge in [-0.1, -0.05) is 58.8 Å². The second-order valence-electron chi connectivity index (χ2n) is 8.04. The summed E-state index contributed by atoms with van der Waals surface area (Å²) in [5, 5.41) is 1.31. The molecule has 0 bridgehead atoms. The molecule has 0 radical (unpaired) electrons. The smallest absolute Gasteiger partial charge is 0.421 e. The molecule has 1 heterocycles. The van der Waals surface area contributed by atoms with Gasteiger partial charge in [0, 0.05) is 0 Å². The quantitative estimate of drug-likeness (QED) is 0.581. The van der Waals surface area contributed by atoms with Crippen LogP contribution >= 0.6 is 0 Å². The Balaban J connectivity index is 0.00000288. The Labute approximate surface area is 161 Å². The van der Waals surface area contributed by atoms with E-state index in [1.807, 2.05) is 0 Å². The molecule has 0 aliphatic rings. The molecule has 0 aliphatic carbocycles. The molecule has 0 saturated heterocycles. The Hall–Kier alpha value is -0.466. The second kappa shape index (κ2) is 8.28. The molecular weight excluding hydrogens is 303 g/mol. The number of hydrogen-bond acceptors (Lipinski definition) is 1. The van der Waals surface area contributed by atoms with E-state index in [0.717, 1.165) is 6.54 Å². The van der Waals surface area contributed by atoms with Crippen LogP contribution in [0.15, 0.2) is 24.4 Å². The molecule has 1 aromatic carbocycles. The Morgan fingerprint density at radius 3 is 2.04 bits per heavy atom. The minimum Gasteiger partial charge on any atom is -0.421 e. The molecule has 2 rings (SSSR count). The normalized spacial score (nSPS) is 12.7. The van der Waals surface area contributed by atoms with Crippen LogP contribution in [0.2, 0.25) is 16.6 Å². The zero-order valence-corrected chi connectivity index (χ0v) is 18.1. The Morgan fingerprint density at radius 1 is 1.04 bits per heavy atom. The first kappa shape index (κ1) is 21.6. The van der Waals surface area contributed by atoms with Gasteiger partial charge in [0.1, 0.15) is 0 Å². The van der Waals surface area contributed by atoms with E-state index in [4.69, 9.17) is 0 Å². The number of benzene rings is 1. The monoisotopic (exact) mass is 336 g/mol. The van der Waals surface area contributed by atoms with E-state index in [0.29, 0.717) is 16.6 Å². The first-order chi connectivity index (χ1) is 10.7. The zero-order chi connectivity index (χ0) is 17.4. The van der Waals surface area contributed by atoms with Crippen LogP contribution < -0.4 is 18.9 Å². The number of rotatable bonds is 6. The molecule has 0 spiro atoms. The van der Waals surface area contributed by atoms with Crippen molar-refractivity contribution in [2.24, 2.45) is 0 Å². The summed E-state index contributed by atoms with van der Waals surface area (Å²) >= 11 is 0. The van der Waals surface area contributed by atoms with E-state index in [-0.39, 0.29) is 18.9 Å². The van der Waals surface area contributed by atoms with Crippen LogP contribution in [0.5, 0.6) is 0 Å². The molecule has 0 fully saturated rings. The van der Waals surface area contributed by atoms with Gasteiger partial charge in [0.05, 0.1) is 0 Å². The average molecular weight is 337 g/mol. The molecule has 0 unspecified atom stereocenters. The van der Waals surface area contributed by atoms with E-state index < -0.39 is 8.24 Å². The van der Waals surface area contributed by atoms with Crippen LogP contribution in [0.4, 0.5) is 0 Å². The van der Waals surface area contributed by atoms with Gasteiger partial charge in [-0.3, -0.25) is 0 Å². The van der Waals surface area contributed by atoms with Gasteiger partial charge in [0.15, 0.2) is 8.24 Å². The summed E-state index contributed by atoms with van der Waals surface area (Å²) in [6.07, 6.45) is 2.45. The first-order valence-electron chi connectivity index (χ1n) is 8.88. The molecule has 24 heavy (non-hydrogen) atoms. The van der Waals surface area contributed by atoms with Gasteiger partial charge in [-0.2, -0.15) is 0 Å². The third-order valence-corrected chi connectivity index (χ3v) is 12.1. The number of aromatic nitrogens is 1. The SMILES string of the molecule is CC(C)[Si](C(C)C)(C(C)C)n1cc(CN(C)C)c2[c-]cccc21.[Li+]. The molecule has 0 saturated carbocycles. The second-order valence-corrected chi connectivity index (χ2v) is 13.8. The summed E-state index contributed by atoms with van der Waals surface area (Å²) in [5.74, 6) is 0. The van der Waals surface area contributed by atoms with Crippen molar-refractivity contribution in [2.45, 2.75) is 64.7 Å². The fraction of sp³-hybridized carbons (Fsp3) is 0.600. The summed E-state index contributed by atoms with van der Waals surface area (Å²) in [7, 11) is 2.57. The fourth-order valence-corrected chi connectivity index (χ4v) is 11.4. The molecule has 2 nitrogen and oxygen atoms in total. The molecule has 0 amide bonds. The third-order valence-electron chi connectivity index (χ3n) is 5.38. The molecule has 2 aromatic rings. The Kier molecular flexibility index (Phi) is 7.44. The van der Waals surface area contributed by atoms with Crippen molar-refractivity contribution in [3.8, 4) is 0 Å². The van der Waals surface area contributed by atoms with Crippen molar-refractivity contribution in [1.82, 2.24) is 9.13 Å². The van der Waals surface area contributed by atoms with Crippen molar-refractivity contribution in [1.29, 1.82) is 0 Å². The molecule has 1 aromatic heterocycles. The fourth-order valence-electron chi connectivity index (χ4n) is 4.79. The van der Waals surface area contributed by atoms with Gasteiger partial charge in [0.2, 0.25) is 0 Å². The molecule has 128 valence electrons. The van der Waals surface area contributed by atoms with Gasteiger partial charge >= 0.3 is 18.9 Å². The van der Waals surface area contributed by atoms with Crippen LogP contribution in [0.1, 0.15) is 47.1 Å². The summed E-state index contributed by atoms with van der Waals surface area (Å²) in [4.78, 5) is 2.25. The molecule has 4 heteroatoms. The topological polar surface area (TPSA) is 8.17 Å². The van der Waals surface area contributed by atoms with Gasteiger partial charge in [-0.15, -0.1) is 29.7 Å². The molecule has 0 N–H and O–H groups in total. The maximum Gasteiger partial charge on any atom is 1.00 e. The average Bonchev–Trinajstić information content (AvgIpc) is 2.77. The van der Waals surface area contributed by atoms with Crippen molar-refractivity contribution in [3.05, 3.63) is 36.0 Å². The van der Waals surface area contributed by atoms with Gasteiger partial charge in [-0.05, 0) is 37.3 Å². The summed E-state index contributed by atoms with van der Waals surface area (Å²) < 4.78 is 2.71. The summed E-state index contributed by atoms with van der Waals surface area (Å²) in [6.45, 7) is 15.5. The Morgan fingerprint density at radius 2 is 1.58 bits per heavy atom. The predicted molar refractivity (Wildman–Crippen MR) is 105 cm³/mol. The van der Waals surface area contributed by atoms with Crippen LogP contribution in [0.25, 0.3) is 10.9 Å². The van der Waals surface area contributed by atoms with Crippen LogP contribution in [0.3, 0.4) is 0 Å². The Bertz CT molecular complexity index is 637. The predicted octanol–water partition coefficient (Wildman–Crippen LogP) is 2.53. The van der Waals surface area contributed by atoms with E-state index in [1.165, 1.54) is 16.5 Å². The van der Waals surface area contributed by atoms with E-state index in [1.54, 1.807) is 0 Å². The standard InChI is InChI=1S/C20H33N2Si.Li/c1-15(2)23(16(3)4,17(5)6)22-14-18(13-21(7)8)19-11-9-10-12-20(19)22;/h9-10,12,14-17H,13H2,1-8H3;/q-1;+1. The van der Waals surface area contributed by atoms with Crippen molar-refractivity contribution >= 4 is 19.1 Å². The van der Waals surface area contributed by atoms with Crippen molar-refractivity contribution in [3.63, 3.8) is 0 Å². The number of fused-ring (bicyclic) bond motifs is 1. The van der Waals surface area contributed by atoms with Crippen LogP contribution in [0, 0.1) is 6.07 Å². The largest absolute Gasteiger partial charge is 1.00 e. The van der Waals surface area contributed by atoms with Crippen molar-refractivity contribution < 1.29 is 18.9 Å². The van der Waals surface area contributed by atoms with Gasteiger partial charge in [-0.25, -0.2) is 0 Å². The van der Waals surface area contributed by atoms with Crippen LogP contribution in [-0.4, -0.2) is 31.5 Å². The summed E-state index contributed by atoms with van der Waals surface area (Å²) in [5.41, 5.74) is 4.89. The maximum atomic E-state index is 3.51. The van der Waals surface area contributed by atoms with E-state index in [9.17, 15) is 0 Å².